The van der Waals surface area contributed by atoms with Gasteiger partial charge in [-0.05, 0) is 31.2 Å². The average Bonchev–Trinajstić information content (AvgIpc) is 2.47. The standard InChI is InChI=1S/C14H16N2O5/c1-9(13(18)16-12(6-7-17)14(19)20)21-11-4-2-10(8-15)3-5-11/h2-5,9,12,17H,6-7H2,1H3,(H,16,18)(H,19,20)/t9?,12-/m1/s1. The Kier molecular flexibility index (Phi) is 6.17. The van der Waals surface area contributed by atoms with Crippen LogP contribution in [0.2, 0.25) is 0 Å². The normalized spacial score (nSPS) is 12.8. The van der Waals surface area contributed by atoms with Crippen molar-refractivity contribution in [2.75, 3.05) is 6.61 Å². The number of nitrogens with one attached hydrogen (secondary N) is 1. The van der Waals surface area contributed by atoms with Crippen LogP contribution in [0.4, 0.5) is 0 Å². The Morgan fingerprint density at radius 3 is 2.48 bits per heavy atom. The third kappa shape index (κ3) is 5.12. The van der Waals surface area contributed by atoms with Crippen molar-refractivity contribution in [1.82, 2.24) is 5.32 Å². The Morgan fingerprint density at radius 2 is 2.00 bits per heavy atom. The van der Waals surface area contributed by atoms with Gasteiger partial charge in [0.05, 0.1) is 11.6 Å². The van der Waals surface area contributed by atoms with Gasteiger partial charge in [0.2, 0.25) is 0 Å². The fraction of sp³-hybridized carbons (Fsp3) is 0.357. The van der Waals surface area contributed by atoms with E-state index in [1.54, 1.807) is 24.3 Å². The van der Waals surface area contributed by atoms with Gasteiger partial charge in [-0.1, -0.05) is 0 Å². The van der Waals surface area contributed by atoms with Crippen molar-refractivity contribution in [1.29, 1.82) is 5.26 Å². The first-order valence-electron chi connectivity index (χ1n) is 6.28. The molecule has 1 aromatic rings. The van der Waals surface area contributed by atoms with Crippen LogP contribution in [-0.2, 0) is 9.59 Å². The van der Waals surface area contributed by atoms with Crippen molar-refractivity contribution >= 4 is 11.9 Å². The highest BCUT2D eigenvalue weighted by Crippen LogP contribution is 2.13. The number of ether oxygens (including phenoxy) is 1. The number of nitriles is 1. The van der Waals surface area contributed by atoms with Gasteiger partial charge < -0.3 is 20.3 Å². The molecule has 0 radical (unpaired) electrons. The van der Waals surface area contributed by atoms with Gasteiger partial charge >= 0.3 is 5.97 Å². The second-order valence-corrected chi connectivity index (χ2v) is 4.31. The topological polar surface area (TPSA) is 120 Å². The summed E-state index contributed by atoms with van der Waals surface area (Å²) in [6.07, 6.45) is -0.983. The molecular formula is C14H16N2O5. The molecule has 0 aromatic heterocycles. The van der Waals surface area contributed by atoms with Gasteiger partial charge in [0.15, 0.2) is 6.10 Å². The highest BCUT2D eigenvalue weighted by atomic mass is 16.5. The third-order valence-corrected chi connectivity index (χ3v) is 2.70. The molecular weight excluding hydrogens is 276 g/mol. The van der Waals surface area contributed by atoms with E-state index in [9.17, 15) is 9.59 Å². The van der Waals surface area contributed by atoms with E-state index in [4.69, 9.17) is 20.2 Å². The molecule has 0 bridgehead atoms. The summed E-state index contributed by atoms with van der Waals surface area (Å²) >= 11 is 0. The van der Waals surface area contributed by atoms with E-state index in [-0.39, 0.29) is 13.0 Å². The molecule has 0 aliphatic heterocycles. The van der Waals surface area contributed by atoms with E-state index in [0.717, 1.165) is 0 Å². The van der Waals surface area contributed by atoms with Crippen molar-refractivity contribution in [2.45, 2.75) is 25.5 Å². The van der Waals surface area contributed by atoms with Crippen LogP contribution in [0.1, 0.15) is 18.9 Å². The zero-order valence-electron chi connectivity index (χ0n) is 11.4. The van der Waals surface area contributed by atoms with Crippen LogP contribution in [0.3, 0.4) is 0 Å². The Morgan fingerprint density at radius 1 is 1.38 bits per heavy atom. The zero-order valence-corrected chi connectivity index (χ0v) is 11.4. The van der Waals surface area contributed by atoms with Crippen LogP contribution in [0.25, 0.3) is 0 Å². The number of carbonyl (C=O) groups is 2. The van der Waals surface area contributed by atoms with Gasteiger partial charge in [-0.15, -0.1) is 0 Å². The first kappa shape index (κ1) is 16.5. The molecule has 1 aromatic carbocycles. The summed E-state index contributed by atoms with van der Waals surface area (Å²) < 4.78 is 5.36. The zero-order chi connectivity index (χ0) is 15.8. The molecule has 0 saturated carbocycles. The maximum atomic E-state index is 11.8. The minimum Gasteiger partial charge on any atom is -0.481 e. The molecule has 112 valence electrons. The number of aliphatic hydroxyl groups is 1. The number of aliphatic carboxylic acids is 1. The molecule has 7 heteroatoms. The molecule has 3 N–H and O–H groups in total. The highest BCUT2D eigenvalue weighted by Gasteiger charge is 2.23. The maximum Gasteiger partial charge on any atom is 0.326 e. The van der Waals surface area contributed by atoms with Gasteiger partial charge in [-0.25, -0.2) is 4.79 Å². The number of amides is 1. The predicted octanol–water partition coefficient (Wildman–Crippen LogP) is 0.277. The van der Waals surface area contributed by atoms with Crippen molar-refractivity contribution in [3.63, 3.8) is 0 Å². The van der Waals surface area contributed by atoms with Crippen molar-refractivity contribution in [3.05, 3.63) is 29.8 Å². The lowest BCUT2D eigenvalue weighted by atomic mass is 10.2. The minimum atomic E-state index is -1.22. The summed E-state index contributed by atoms with van der Waals surface area (Å²) in [5, 5.41) is 28.6. The van der Waals surface area contributed by atoms with Gasteiger partial charge in [-0.3, -0.25) is 4.79 Å². The molecule has 0 aliphatic carbocycles. The third-order valence-electron chi connectivity index (χ3n) is 2.70. The number of carboxylic acid groups (broad SMARTS) is 1. The number of nitrogens with zero attached hydrogens (tertiary/aromatic N) is 1. The van der Waals surface area contributed by atoms with E-state index in [2.05, 4.69) is 5.32 Å². The van der Waals surface area contributed by atoms with Crippen LogP contribution in [-0.4, -0.2) is 40.8 Å². The molecule has 0 saturated heterocycles. The van der Waals surface area contributed by atoms with Crippen molar-refractivity contribution < 1.29 is 24.5 Å². The van der Waals surface area contributed by atoms with Crippen LogP contribution < -0.4 is 10.1 Å². The highest BCUT2D eigenvalue weighted by molar-refractivity contribution is 5.86. The summed E-state index contributed by atoms with van der Waals surface area (Å²) in [6, 6.07) is 6.99. The predicted molar refractivity (Wildman–Crippen MR) is 72.5 cm³/mol. The monoisotopic (exact) mass is 292 g/mol. The number of benzene rings is 1. The summed E-state index contributed by atoms with van der Waals surface area (Å²) in [5.74, 6) is -1.42. The van der Waals surface area contributed by atoms with E-state index in [0.29, 0.717) is 11.3 Å². The molecule has 1 unspecified atom stereocenters. The average molecular weight is 292 g/mol. The Labute approximate surface area is 121 Å². The minimum absolute atomic E-state index is 0.0787. The van der Waals surface area contributed by atoms with Crippen molar-refractivity contribution in [3.8, 4) is 11.8 Å². The first-order valence-corrected chi connectivity index (χ1v) is 6.28. The summed E-state index contributed by atoms with van der Waals surface area (Å²) in [6.45, 7) is 1.13. The molecule has 21 heavy (non-hydrogen) atoms. The Hall–Kier alpha value is -2.59. The van der Waals surface area contributed by atoms with Gasteiger partial charge in [0.1, 0.15) is 11.8 Å². The summed E-state index contributed by atoms with van der Waals surface area (Å²) in [7, 11) is 0. The Bertz CT molecular complexity index is 535. The molecule has 0 spiro atoms. The van der Waals surface area contributed by atoms with Crippen molar-refractivity contribution in [2.24, 2.45) is 0 Å². The summed E-state index contributed by atoms with van der Waals surface area (Å²) in [4.78, 5) is 22.7. The van der Waals surface area contributed by atoms with E-state index >= 15 is 0 Å². The number of hydrogen-bond acceptors (Lipinski definition) is 5. The molecule has 7 nitrogen and oxygen atoms in total. The van der Waals surface area contributed by atoms with Crippen LogP contribution >= 0.6 is 0 Å². The molecule has 0 aliphatic rings. The smallest absolute Gasteiger partial charge is 0.326 e. The van der Waals surface area contributed by atoms with Gasteiger partial charge in [0.25, 0.3) is 5.91 Å². The first-order chi connectivity index (χ1) is 9.97. The van der Waals surface area contributed by atoms with E-state index in [1.807, 2.05) is 6.07 Å². The lowest BCUT2D eigenvalue weighted by molar-refractivity contribution is -0.143. The lowest BCUT2D eigenvalue weighted by Crippen LogP contribution is -2.46. The number of hydrogen-bond donors (Lipinski definition) is 3. The second kappa shape index (κ2) is 7.87. The fourth-order valence-corrected chi connectivity index (χ4v) is 1.54. The van der Waals surface area contributed by atoms with Crippen LogP contribution in [0, 0.1) is 11.3 Å². The van der Waals surface area contributed by atoms with Gasteiger partial charge in [0, 0.05) is 13.0 Å². The number of carboxylic acids is 1. The number of carbonyl (C=O) groups excluding carboxylic acids is 1. The quantitative estimate of drug-likeness (QED) is 0.664. The number of aliphatic hydroxyl groups excluding tert-OH is 1. The molecule has 0 fully saturated rings. The second-order valence-electron chi connectivity index (χ2n) is 4.31. The summed E-state index contributed by atoms with van der Waals surface area (Å²) in [5.41, 5.74) is 0.466. The van der Waals surface area contributed by atoms with Gasteiger partial charge in [-0.2, -0.15) is 5.26 Å². The van der Waals surface area contributed by atoms with E-state index in [1.165, 1.54) is 6.92 Å². The number of rotatable bonds is 7. The largest absolute Gasteiger partial charge is 0.481 e. The van der Waals surface area contributed by atoms with Crippen LogP contribution in [0.5, 0.6) is 5.75 Å². The van der Waals surface area contributed by atoms with E-state index < -0.39 is 24.0 Å². The Balaban J connectivity index is 2.61. The maximum absolute atomic E-state index is 11.8. The molecule has 0 heterocycles. The van der Waals surface area contributed by atoms with Crippen LogP contribution in [0.15, 0.2) is 24.3 Å². The SMILES string of the molecule is CC(Oc1ccc(C#N)cc1)C(=O)N[C@H](CCO)C(=O)O. The fourth-order valence-electron chi connectivity index (χ4n) is 1.54. The molecule has 1 rings (SSSR count). The molecule has 1 amide bonds. The lowest BCUT2D eigenvalue weighted by Gasteiger charge is -2.18. The molecule has 2 atom stereocenters.